The van der Waals surface area contributed by atoms with Crippen LogP contribution in [0.3, 0.4) is 0 Å². The van der Waals surface area contributed by atoms with E-state index in [4.69, 9.17) is 4.74 Å². The Morgan fingerprint density at radius 2 is 2.32 bits per heavy atom. The van der Waals surface area contributed by atoms with Crippen LogP contribution in [0.1, 0.15) is 30.1 Å². The van der Waals surface area contributed by atoms with Gasteiger partial charge in [-0.3, -0.25) is 4.79 Å². The lowest BCUT2D eigenvalue weighted by molar-refractivity contribution is 0.101. The smallest absolute Gasteiger partial charge is 0.163 e. The largest absolute Gasteiger partial charge is 0.507 e. The Kier molecular flexibility index (Phi) is 4.43. The van der Waals surface area contributed by atoms with Crippen molar-refractivity contribution in [2.75, 3.05) is 31.7 Å². The normalized spacial score (nSPS) is 19.5. The van der Waals surface area contributed by atoms with Crippen LogP contribution in [0, 0.1) is 5.92 Å². The molecule has 0 aliphatic carbocycles. The van der Waals surface area contributed by atoms with Crippen molar-refractivity contribution in [3.05, 3.63) is 23.8 Å². The molecule has 1 saturated heterocycles. The van der Waals surface area contributed by atoms with Crippen LogP contribution in [-0.4, -0.2) is 37.7 Å². The first-order valence-electron chi connectivity index (χ1n) is 6.69. The summed E-state index contributed by atoms with van der Waals surface area (Å²) < 4.78 is 5.22. The quantitative estimate of drug-likeness (QED) is 0.848. The van der Waals surface area contributed by atoms with E-state index in [9.17, 15) is 9.90 Å². The number of phenols is 1. The summed E-state index contributed by atoms with van der Waals surface area (Å²) in [6.07, 6.45) is 2.31. The highest BCUT2D eigenvalue weighted by atomic mass is 16.5. The van der Waals surface area contributed by atoms with Crippen molar-refractivity contribution in [1.29, 1.82) is 0 Å². The first kappa shape index (κ1) is 13.9. The molecule has 1 atom stereocenters. The molecule has 0 radical (unpaired) electrons. The molecule has 4 heteroatoms. The molecule has 1 aromatic rings. The average Bonchev–Trinajstić information content (AvgIpc) is 2.39. The van der Waals surface area contributed by atoms with Gasteiger partial charge in [-0.1, -0.05) is 0 Å². The number of phenolic OH excluding ortho intramolecular Hbond substituents is 1. The fourth-order valence-electron chi connectivity index (χ4n) is 2.69. The highest BCUT2D eigenvalue weighted by molar-refractivity contribution is 5.97. The molecule has 1 unspecified atom stereocenters. The van der Waals surface area contributed by atoms with Crippen LogP contribution in [0.2, 0.25) is 0 Å². The minimum Gasteiger partial charge on any atom is -0.507 e. The number of ether oxygens (including phenoxy) is 1. The van der Waals surface area contributed by atoms with E-state index in [1.54, 1.807) is 19.2 Å². The molecular weight excluding hydrogens is 242 g/mol. The summed E-state index contributed by atoms with van der Waals surface area (Å²) >= 11 is 0. The highest BCUT2D eigenvalue weighted by Gasteiger charge is 2.20. The molecule has 0 bridgehead atoms. The van der Waals surface area contributed by atoms with Gasteiger partial charge in [0.05, 0.1) is 12.2 Å². The van der Waals surface area contributed by atoms with Gasteiger partial charge in [-0.25, -0.2) is 0 Å². The number of aromatic hydroxyl groups is 1. The maximum Gasteiger partial charge on any atom is 0.163 e. The van der Waals surface area contributed by atoms with Gasteiger partial charge < -0.3 is 14.7 Å². The van der Waals surface area contributed by atoms with Gasteiger partial charge in [-0.15, -0.1) is 0 Å². The number of hydrogen-bond acceptors (Lipinski definition) is 4. The molecule has 1 aromatic carbocycles. The predicted molar refractivity (Wildman–Crippen MR) is 74.9 cm³/mol. The molecule has 0 saturated carbocycles. The van der Waals surface area contributed by atoms with Crippen molar-refractivity contribution < 1.29 is 14.6 Å². The fourth-order valence-corrected chi connectivity index (χ4v) is 2.69. The molecule has 1 heterocycles. The molecule has 1 fully saturated rings. The van der Waals surface area contributed by atoms with Crippen molar-refractivity contribution in [1.82, 2.24) is 0 Å². The lowest BCUT2D eigenvalue weighted by atomic mass is 9.98. The lowest BCUT2D eigenvalue weighted by Gasteiger charge is -2.34. The number of methoxy groups -OCH3 is 1. The maximum atomic E-state index is 11.3. The van der Waals surface area contributed by atoms with Crippen LogP contribution >= 0.6 is 0 Å². The Labute approximate surface area is 114 Å². The lowest BCUT2D eigenvalue weighted by Crippen LogP contribution is -2.37. The van der Waals surface area contributed by atoms with Crippen LogP contribution in [0.4, 0.5) is 5.69 Å². The zero-order chi connectivity index (χ0) is 13.8. The number of anilines is 1. The van der Waals surface area contributed by atoms with Crippen LogP contribution in [-0.2, 0) is 4.74 Å². The van der Waals surface area contributed by atoms with E-state index in [1.165, 1.54) is 13.3 Å². The maximum absolute atomic E-state index is 11.3. The molecule has 0 amide bonds. The van der Waals surface area contributed by atoms with Gasteiger partial charge in [0.2, 0.25) is 0 Å². The topological polar surface area (TPSA) is 49.8 Å². The van der Waals surface area contributed by atoms with Crippen molar-refractivity contribution >= 4 is 11.5 Å². The van der Waals surface area contributed by atoms with E-state index in [2.05, 4.69) is 4.90 Å². The van der Waals surface area contributed by atoms with Gasteiger partial charge in [-0.05, 0) is 37.8 Å². The number of carbonyl (C=O) groups is 1. The predicted octanol–water partition coefficient (Wildman–Crippen LogP) is 2.46. The van der Waals surface area contributed by atoms with E-state index in [0.29, 0.717) is 11.5 Å². The molecule has 19 heavy (non-hydrogen) atoms. The van der Waals surface area contributed by atoms with Crippen molar-refractivity contribution in [3.63, 3.8) is 0 Å². The van der Waals surface area contributed by atoms with Crippen molar-refractivity contribution in [2.45, 2.75) is 19.8 Å². The first-order chi connectivity index (χ1) is 9.11. The molecule has 1 N–H and O–H groups in total. The molecule has 4 nitrogen and oxygen atoms in total. The molecule has 104 valence electrons. The second-order valence-corrected chi connectivity index (χ2v) is 5.17. The minimum atomic E-state index is -0.111. The molecule has 2 rings (SSSR count). The van der Waals surface area contributed by atoms with Crippen LogP contribution in [0.15, 0.2) is 18.2 Å². The first-order valence-corrected chi connectivity index (χ1v) is 6.69. The van der Waals surface area contributed by atoms with E-state index in [1.807, 2.05) is 6.07 Å². The van der Waals surface area contributed by atoms with Crippen molar-refractivity contribution in [3.8, 4) is 5.75 Å². The van der Waals surface area contributed by atoms with Gasteiger partial charge in [-0.2, -0.15) is 0 Å². The zero-order valence-electron chi connectivity index (χ0n) is 11.6. The average molecular weight is 263 g/mol. The zero-order valence-corrected chi connectivity index (χ0v) is 11.6. The third-order valence-electron chi connectivity index (χ3n) is 3.65. The van der Waals surface area contributed by atoms with E-state index >= 15 is 0 Å². The summed E-state index contributed by atoms with van der Waals surface area (Å²) in [6.45, 7) is 4.16. The minimum absolute atomic E-state index is 0.0684. The third kappa shape index (κ3) is 3.26. The molecular formula is C15H21NO3. The van der Waals surface area contributed by atoms with E-state index in [0.717, 1.165) is 31.8 Å². The Bertz CT molecular complexity index is 457. The fraction of sp³-hybridized carbons (Fsp3) is 0.533. The van der Waals surface area contributed by atoms with Crippen LogP contribution in [0.5, 0.6) is 5.75 Å². The molecule has 1 aliphatic rings. The standard InChI is InChI=1S/C15H21NO3/c1-11(17)14-6-5-13(8-15(14)18)16-7-3-4-12(9-16)10-19-2/h5-6,8,12,18H,3-4,7,9-10H2,1-2H3. The van der Waals surface area contributed by atoms with Gasteiger partial charge in [0.1, 0.15) is 5.75 Å². The second kappa shape index (κ2) is 6.06. The van der Waals surface area contributed by atoms with E-state index in [-0.39, 0.29) is 11.5 Å². The molecule has 1 aliphatic heterocycles. The van der Waals surface area contributed by atoms with E-state index < -0.39 is 0 Å². The molecule has 0 aromatic heterocycles. The second-order valence-electron chi connectivity index (χ2n) is 5.17. The Morgan fingerprint density at radius 3 is 2.95 bits per heavy atom. The summed E-state index contributed by atoms with van der Waals surface area (Å²) in [5, 5.41) is 9.89. The number of rotatable bonds is 4. The molecule has 0 spiro atoms. The number of piperidine rings is 1. The summed E-state index contributed by atoms with van der Waals surface area (Å²) in [4.78, 5) is 13.5. The number of ketones is 1. The highest BCUT2D eigenvalue weighted by Crippen LogP contribution is 2.28. The Balaban J connectivity index is 2.13. The number of carbonyl (C=O) groups excluding carboxylic acids is 1. The van der Waals surface area contributed by atoms with Crippen molar-refractivity contribution in [2.24, 2.45) is 5.92 Å². The van der Waals surface area contributed by atoms with Gasteiger partial charge in [0.15, 0.2) is 5.78 Å². The van der Waals surface area contributed by atoms with Crippen LogP contribution < -0.4 is 4.90 Å². The Morgan fingerprint density at radius 1 is 1.53 bits per heavy atom. The number of benzene rings is 1. The summed E-state index contributed by atoms with van der Waals surface area (Å²) in [5.74, 6) is 0.493. The SMILES string of the molecule is COCC1CCCN(c2ccc(C(C)=O)c(O)c2)C1. The van der Waals surface area contributed by atoms with Crippen LogP contribution in [0.25, 0.3) is 0 Å². The third-order valence-corrected chi connectivity index (χ3v) is 3.65. The summed E-state index contributed by atoms with van der Waals surface area (Å²) in [7, 11) is 1.73. The monoisotopic (exact) mass is 263 g/mol. The Hall–Kier alpha value is -1.55. The number of Topliss-reactive ketones (excluding diaryl/α,β-unsaturated/α-hetero) is 1. The summed E-state index contributed by atoms with van der Waals surface area (Å²) in [6, 6.07) is 5.30. The number of nitrogens with zero attached hydrogens (tertiary/aromatic N) is 1. The van der Waals surface area contributed by atoms with Gasteiger partial charge in [0, 0.05) is 32.0 Å². The number of hydrogen-bond donors (Lipinski definition) is 1. The van der Waals surface area contributed by atoms with Gasteiger partial charge >= 0.3 is 0 Å². The van der Waals surface area contributed by atoms with Gasteiger partial charge in [0.25, 0.3) is 0 Å². The summed E-state index contributed by atoms with van der Waals surface area (Å²) in [5.41, 5.74) is 1.36.